The fourth-order valence-electron chi connectivity index (χ4n) is 2.50. The molecule has 0 aliphatic carbocycles. The van der Waals surface area contributed by atoms with Gasteiger partial charge in [0.25, 0.3) is 0 Å². The van der Waals surface area contributed by atoms with E-state index in [1.54, 1.807) is 0 Å². The van der Waals surface area contributed by atoms with E-state index >= 15 is 0 Å². The summed E-state index contributed by atoms with van der Waals surface area (Å²) in [5.74, 6) is 0.645. The Morgan fingerprint density at radius 3 is 1.45 bits per heavy atom. The maximum atomic E-state index is 10.1. The SMILES string of the molecule is CC(C)C(O)c1ccc(-c2ccc(C(Cl)C(C)C)cc2)cc1. The molecule has 0 saturated heterocycles. The van der Waals surface area contributed by atoms with Gasteiger partial charge in [-0.15, -0.1) is 11.6 Å². The first-order valence-electron chi connectivity index (χ1n) is 7.92. The summed E-state index contributed by atoms with van der Waals surface area (Å²) in [5.41, 5.74) is 4.45. The molecular formula is C20H25ClO. The number of hydrogen-bond donors (Lipinski definition) is 1. The largest absolute Gasteiger partial charge is 0.388 e. The normalized spacial score (nSPS) is 14.4. The van der Waals surface area contributed by atoms with E-state index in [0.717, 1.165) is 16.7 Å². The van der Waals surface area contributed by atoms with Crippen LogP contribution in [0.15, 0.2) is 48.5 Å². The Kier molecular flexibility index (Phi) is 5.66. The van der Waals surface area contributed by atoms with Crippen molar-refractivity contribution in [3.8, 4) is 11.1 Å². The van der Waals surface area contributed by atoms with Gasteiger partial charge in [-0.05, 0) is 34.1 Å². The predicted octanol–water partition coefficient (Wildman–Crippen LogP) is 5.98. The third-order valence-electron chi connectivity index (χ3n) is 4.03. The van der Waals surface area contributed by atoms with Crippen molar-refractivity contribution >= 4 is 11.6 Å². The minimum atomic E-state index is -0.403. The molecule has 0 radical (unpaired) electrons. The van der Waals surface area contributed by atoms with Crippen molar-refractivity contribution in [3.05, 3.63) is 59.7 Å². The quantitative estimate of drug-likeness (QED) is 0.673. The zero-order valence-electron chi connectivity index (χ0n) is 13.8. The van der Waals surface area contributed by atoms with Crippen LogP contribution in [0, 0.1) is 11.8 Å². The van der Waals surface area contributed by atoms with E-state index in [1.165, 1.54) is 5.56 Å². The van der Waals surface area contributed by atoms with Crippen LogP contribution in [0.1, 0.15) is 50.3 Å². The van der Waals surface area contributed by atoms with Gasteiger partial charge in [0.15, 0.2) is 0 Å². The van der Waals surface area contributed by atoms with Crippen LogP contribution in [-0.4, -0.2) is 5.11 Å². The van der Waals surface area contributed by atoms with Crippen LogP contribution in [0.5, 0.6) is 0 Å². The lowest BCUT2D eigenvalue weighted by Gasteiger charge is -2.16. The van der Waals surface area contributed by atoms with Crippen molar-refractivity contribution < 1.29 is 5.11 Å². The molecule has 2 aromatic carbocycles. The van der Waals surface area contributed by atoms with E-state index in [2.05, 4.69) is 50.2 Å². The zero-order valence-corrected chi connectivity index (χ0v) is 14.5. The van der Waals surface area contributed by atoms with Crippen LogP contribution in [0.25, 0.3) is 11.1 Å². The first-order valence-corrected chi connectivity index (χ1v) is 8.36. The molecule has 2 rings (SSSR count). The molecule has 118 valence electrons. The molecule has 0 aromatic heterocycles. The zero-order chi connectivity index (χ0) is 16.3. The molecule has 2 aromatic rings. The van der Waals surface area contributed by atoms with E-state index in [1.807, 2.05) is 26.0 Å². The fourth-order valence-corrected chi connectivity index (χ4v) is 2.65. The Morgan fingerprint density at radius 2 is 1.09 bits per heavy atom. The number of alkyl halides is 1. The maximum absolute atomic E-state index is 10.1. The summed E-state index contributed by atoms with van der Waals surface area (Å²) in [6.45, 7) is 8.30. The van der Waals surface area contributed by atoms with Crippen LogP contribution in [0.2, 0.25) is 0 Å². The van der Waals surface area contributed by atoms with Gasteiger partial charge in [0.1, 0.15) is 0 Å². The van der Waals surface area contributed by atoms with Crippen molar-refractivity contribution in [2.75, 3.05) is 0 Å². The Hall–Kier alpha value is -1.31. The lowest BCUT2D eigenvalue weighted by atomic mass is 9.95. The number of hydrogen-bond acceptors (Lipinski definition) is 1. The first kappa shape index (κ1) is 17.1. The lowest BCUT2D eigenvalue weighted by molar-refractivity contribution is 0.127. The molecule has 2 heteroatoms. The molecule has 0 amide bonds. The van der Waals surface area contributed by atoms with Gasteiger partial charge in [-0.1, -0.05) is 76.2 Å². The highest BCUT2D eigenvalue weighted by Gasteiger charge is 2.13. The highest BCUT2D eigenvalue weighted by Crippen LogP contribution is 2.31. The van der Waals surface area contributed by atoms with E-state index in [4.69, 9.17) is 11.6 Å². The molecule has 0 spiro atoms. The van der Waals surface area contributed by atoms with E-state index < -0.39 is 6.10 Å². The molecule has 0 aliphatic heterocycles. The van der Waals surface area contributed by atoms with Crippen molar-refractivity contribution in [2.24, 2.45) is 11.8 Å². The van der Waals surface area contributed by atoms with Gasteiger partial charge in [-0.3, -0.25) is 0 Å². The summed E-state index contributed by atoms with van der Waals surface area (Å²) in [5, 5.41) is 10.1. The van der Waals surface area contributed by atoms with Crippen molar-refractivity contribution in [1.29, 1.82) is 0 Å². The Bertz CT molecular complexity index is 529. The fraction of sp³-hybridized carbons (Fsp3) is 0.400. The molecule has 1 N–H and O–H groups in total. The molecule has 0 aliphatic rings. The van der Waals surface area contributed by atoms with Gasteiger partial charge in [0.05, 0.1) is 11.5 Å². The molecule has 2 atom stereocenters. The molecule has 22 heavy (non-hydrogen) atoms. The van der Waals surface area contributed by atoms with Crippen molar-refractivity contribution in [1.82, 2.24) is 0 Å². The Morgan fingerprint density at radius 1 is 0.682 bits per heavy atom. The molecule has 2 unspecified atom stereocenters. The van der Waals surface area contributed by atoms with Crippen molar-refractivity contribution in [3.63, 3.8) is 0 Å². The van der Waals surface area contributed by atoms with E-state index in [0.29, 0.717) is 5.92 Å². The van der Waals surface area contributed by atoms with Crippen LogP contribution < -0.4 is 0 Å². The highest BCUT2D eigenvalue weighted by atomic mass is 35.5. The number of rotatable bonds is 5. The van der Waals surface area contributed by atoms with Gasteiger partial charge in [-0.2, -0.15) is 0 Å². The average molecular weight is 317 g/mol. The van der Waals surface area contributed by atoms with Crippen LogP contribution in [0.4, 0.5) is 0 Å². The summed E-state index contributed by atoms with van der Waals surface area (Å²) in [4.78, 5) is 0. The molecule has 0 heterocycles. The van der Waals surface area contributed by atoms with Crippen LogP contribution >= 0.6 is 11.6 Å². The minimum Gasteiger partial charge on any atom is -0.388 e. The topological polar surface area (TPSA) is 20.2 Å². The van der Waals surface area contributed by atoms with Gasteiger partial charge in [0, 0.05) is 0 Å². The number of benzene rings is 2. The molecule has 0 saturated carbocycles. The second-order valence-corrected chi connectivity index (χ2v) is 7.05. The monoisotopic (exact) mass is 316 g/mol. The second kappa shape index (κ2) is 7.30. The lowest BCUT2D eigenvalue weighted by Crippen LogP contribution is -2.04. The molecule has 0 bridgehead atoms. The molecule has 0 fully saturated rings. The van der Waals surface area contributed by atoms with Crippen LogP contribution in [0.3, 0.4) is 0 Å². The first-order chi connectivity index (χ1) is 10.4. The predicted molar refractivity (Wildman–Crippen MR) is 95.1 cm³/mol. The van der Waals surface area contributed by atoms with Crippen molar-refractivity contribution in [2.45, 2.75) is 39.2 Å². The van der Waals surface area contributed by atoms with Crippen LogP contribution in [-0.2, 0) is 0 Å². The van der Waals surface area contributed by atoms with Gasteiger partial charge >= 0.3 is 0 Å². The highest BCUT2D eigenvalue weighted by molar-refractivity contribution is 6.20. The number of aliphatic hydroxyl groups excluding tert-OH is 1. The number of aliphatic hydroxyl groups is 1. The molecular weight excluding hydrogens is 292 g/mol. The summed E-state index contributed by atoms with van der Waals surface area (Å²) in [7, 11) is 0. The Labute approximate surface area is 139 Å². The molecule has 1 nitrogen and oxygen atoms in total. The smallest absolute Gasteiger partial charge is 0.0812 e. The standard InChI is InChI=1S/C20H25ClO/c1-13(2)19(21)17-9-5-15(6-10-17)16-7-11-18(12-8-16)20(22)14(3)4/h5-14,19-20,22H,1-4H3. The third-order valence-corrected chi connectivity index (χ3v) is 4.79. The summed E-state index contributed by atoms with van der Waals surface area (Å²) < 4.78 is 0. The van der Waals surface area contributed by atoms with Gasteiger partial charge < -0.3 is 5.11 Å². The number of halogens is 1. The third kappa shape index (κ3) is 3.91. The summed E-state index contributed by atoms with van der Waals surface area (Å²) >= 11 is 6.40. The van der Waals surface area contributed by atoms with E-state index in [-0.39, 0.29) is 11.3 Å². The average Bonchev–Trinajstić information content (AvgIpc) is 2.53. The van der Waals surface area contributed by atoms with E-state index in [9.17, 15) is 5.11 Å². The summed E-state index contributed by atoms with van der Waals surface area (Å²) in [6.07, 6.45) is -0.403. The maximum Gasteiger partial charge on any atom is 0.0812 e. The Balaban J connectivity index is 2.18. The van der Waals surface area contributed by atoms with Gasteiger partial charge in [-0.25, -0.2) is 0 Å². The second-order valence-electron chi connectivity index (χ2n) is 6.58. The van der Waals surface area contributed by atoms with Gasteiger partial charge in [0.2, 0.25) is 0 Å². The minimum absolute atomic E-state index is 0.0533. The summed E-state index contributed by atoms with van der Waals surface area (Å²) in [6, 6.07) is 16.6.